The molecule has 15 heavy (non-hydrogen) atoms. The maximum atomic E-state index is 8.71. The number of ether oxygens (including phenoxy) is 1. The third-order valence-electron chi connectivity index (χ3n) is 2.30. The van der Waals surface area contributed by atoms with Gasteiger partial charge in [-0.05, 0) is 44.0 Å². The number of anilines is 1. The zero-order valence-corrected chi connectivity index (χ0v) is 9.36. The summed E-state index contributed by atoms with van der Waals surface area (Å²) in [6.45, 7) is 2.37. The van der Waals surface area contributed by atoms with Gasteiger partial charge in [0, 0.05) is 18.3 Å². The molecule has 0 aliphatic heterocycles. The minimum atomic E-state index is 0.259. The largest absolute Gasteiger partial charge is 0.497 e. The van der Waals surface area contributed by atoms with Crippen molar-refractivity contribution in [2.75, 3.05) is 19.0 Å². The molecule has 0 amide bonds. The van der Waals surface area contributed by atoms with E-state index in [4.69, 9.17) is 9.84 Å². The zero-order valence-electron chi connectivity index (χ0n) is 9.36. The smallest absolute Gasteiger partial charge is 0.119 e. The molecule has 0 fully saturated rings. The monoisotopic (exact) mass is 209 g/mol. The Morgan fingerprint density at radius 1 is 1.33 bits per heavy atom. The van der Waals surface area contributed by atoms with Gasteiger partial charge >= 0.3 is 0 Å². The fraction of sp³-hybridized carbons (Fsp3) is 0.500. The van der Waals surface area contributed by atoms with Crippen LogP contribution < -0.4 is 10.1 Å². The van der Waals surface area contributed by atoms with E-state index in [2.05, 4.69) is 12.2 Å². The number of benzene rings is 1. The van der Waals surface area contributed by atoms with Crippen LogP contribution in [0.1, 0.15) is 19.8 Å². The van der Waals surface area contributed by atoms with E-state index in [0.29, 0.717) is 6.04 Å². The Morgan fingerprint density at radius 2 is 2.00 bits per heavy atom. The van der Waals surface area contributed by atoms with Gasteiger partial charge in [0.25, 0.3) is 0 Å². The lowest BCUT2D eigenvalue weighted by Crippen LogP contribution is -2.15. The topological polar surface area (TPSA) is 41.5 Å². The van der Waals surface area contributed by atoms with E-state index in [0.717, 1.165) is 24.3 Å². The normalized spacial score (nSPS) is 12.2. The Balaban J connectivity index is 2.42. The van der Waals surface area contributed by atoms with Crippen molar-refractivity contribution in [3.8, 4) is 5.75 Å². The molecule has 0 aromatic heterocycles. The lowest BCUT2D eigenvalue weighted by Gasteiger charge is -2.14. The van der Waals surface area contributed by atoms with Gasteiger partial charge in [-0.15, -0.1) is 0 Å². The number of hydrogen-bond donors (Lipinski definition) is 2. The second-order valence-corrected chi connectivity index (χ2v) is 3.64. The highest BCUT2D eigenvalue weighted by Crippen LogP contribution is 2.16. The molecule has 1 aromatic carbocycles. The van der Waals surface area contributed by atoms with Crippen LogP contribution in [0.4, 0.5) is 5.69 Å². The molecule has 0 radical (unpaired) electrons. The summed E-state index contributed by atoms with van der Waals surface area (Å²) in [4.78, 5) is 0. The summed E-state index contributed by atoms with van der Waals surface area (Å²) in [5.74, 6) is 0.864. The first-order valence-corrected chi connectivity index (χ1v) is 5.27. The summed E-state index contributed by atoms with van der Waals surface area (Å²) in [5, 5.41) is 12.1. The van der Waals surface area contributed by atoms with Crippen molar-refractivity contribution < 1.29 is 9.84 Å². The first-order chi connectivity index (χ1) is 7.26. The highest BCUT2D eigenvalue weighted by Gasteiger charge is 2.01. The third-order valence-corrected chi connectivity index (χ3v) is 2.30. The molecule has 0 heterocycles. The summed E-state index contributed by atoms with van der Waals surface area (Å²) in [5.41, 5.74) is 1.08. The SMILES string of the molecule is COc1ccc(NC(C)CCCO)cc1. The number of nitrogens with one attached hydrogen (secondary N) is 1. The van der Waals surface area contributed by atoms with Crippen LogP contribution >= 0.6 is 0 Å². The van der Waals surface area contributed by atoms with Gasteiger partial charge < -0.3 is 15.2 Å². The van der Waals surface area contributed by atoms with Crippen LogP contribution in [0.15, 0.2) is 24.3 Å². The molecule has 1 atom stereocenters. The minimum Gasteiger partial charge on any atom is -0.497 e. The molecule has 1 rings (SSSR count). The number of rotatable bonds is 6. The van der Waals surface area contributed by atoms with Gasteiger partial charge in [-0.2, -0.15) is 0 Å². The highest BCUT2D eigenvalue weighted by molar-refractivity contribution is 5.46. The number of aliphatic hydroxyl groups excluding tert-OH is 1. The van der Waals surface area contributed by atoms with Crippen LogP contribution in [-0.4, -0.2) is 24.9 Å². The van der Waals surface area contributed by atoms with Crippen LogP contribution in [-0.2, 0) is 0 Å². The maximum absolute atomic E-state index is 8.71. The molecule has 1 unspecified atom stereocenters. The summed E-state index contributed by atoms with van der Waals surface area (Å²) in [7, 11) is 1.66. The van der Waals surface area contributed by atoms with E-state index in [9.17, 15) is 0 Å². The molecule has 0 spiro atoms. The van der Waals surface area contributed by atoms with Crippen LogP contribution in [0.2, 0.25) is 0 Å². The van der Waals surface area contributed by atoms with Gasteiger partial charge in [0.15, 0.2) is 0 Å². The summed E-state index contributed by atoms with van der Waals surface area (Å²) < 4.78 is 5.08. The molecular weight excluding hydrogens is 190 g/mol. The molecule has 3 nitrogen and oxygen atoms in total. The van der Waals surface area contributed by atoms with Gasteiger partial charge in [0.05, 0.1) is 7.11 Å². The van der Waals surface area contributed by atoms with E-state index in [-0.39, 0.29) is 6.61 Å². The van der Waals surface area contributed by atoms with Crippen molar-refractivity contribution >= 4 is 5.69 Å². The zero-order chi connectivity index (χ0) is 11.1. The molecule has 0 saturated carbocycles. The van der Waals surface area contributed by atoms with Gasteiger partial charge in [0.1, 0.15) is 5.75 Å². The van der Waals surface area contributed by atoms with E-state index < -0.39 is 0 Å². The molecule has 3 heteroatoms. The first kappa shape index (κ1) is 11.9. The molecule has 0 saturated heterocycles. The van der Waals surface area contributed by atoms with Crippen LogP contribution in [0.3, 0.4) is 0 Å². The van der Waals surface area contributed by atoms with Crippen molar-refractivity contribution in [1.29, 1.82) is 0 Å². The lowest BCUT2D eigenvalue weighted by atomic mass is 10.2. The molecule has 0 aliphatic carbocycles. The predicted octanol–water partition coefficient (Wildman–Crippen LogP) is 2.27. The number of methoxy groups -OCH3 is 1. The molecule has 1 aromatic rings. The fourth-order valence-corrected chi connectivity index (χ4v) is 1.44. The highest BCUT2D eigenvalue weighted by atomic mass is 16.5. The average molecular weight is 209 g/mol. The Labute approximate surface area is 91.1 Å². The van der Waals surface area contributed by atoms with Gasteiger partial charge in [-0.1, -0.05) is 0 Å². The van der Waals surface area contributed by atoms with E-state index in [1.165, 1.54) is 0 Å². The molecule has 2 N–H and O–H groups in total. The second kappa shape index (κ2) is 6.30. The third kappa shape index (κ3) is 4.21. The molecule has 0 bridgehead atoms. The Morgan fingerprint density at radius 3 is 2.53 bits per heavy atom. The summed E-state index contributed by atoms with van der Waals surface area (Å²) in [6.07, 6.45) is 1.81. The van der Waals surface area contributed by atoms with Crippen LogP contribution in [0, 0.1) is 0 Å². The maximum Gasteiger partial charge on any atom is 0.119 e. The first-order valence-electron chi connectivity index (χ1n) is 5.27. The van der Waals surface area contributed by atoms with E-state index in [1.54, 1.807) is 7.11 Å². The summed E-state index contributed by atoms with van der Waals surface area (Å²) in [6, 6.07) is 8.23. The Hall–Kier alpha value is -1.22. The fourth-order valence-electron chi connectivity index (χ4n) is 1.44. The average Bonchev–Trinajstić information content (AvgIpc) is 2.27. The lowest BCUT2D eigenvalue weighted by molar-refractivity contribution is 0.282. The van der Waals surface area contributed by atoms with Gasteiger partial charge in [0.2, 0.25) is 0 Å². The van der Waals surface area contributed by atoms with Gasteiger partial charge in [-0.3, -0.25) is 0 Å². The van der Waals surface area contributed by atoms with Crippen molar-refractivity contribution in [1.82, 2.24) is 0 Å². The van der Waals surface area contributed by atoms with E-state index in [1.807, 2.05) is 24.3 Å². The Bertz CT molecular complexity index is 271. The number of hydrogen-bond acceptors (Lipinski definition) is 3. The van der Waals surface area contributed by atoms with Crippen molar-refractivity contribution in [3.63, 3.8) is 0 Å². The number of aliphatic hydroxyl groups is 1. The standard InChI is InChI=1S/C12H19NO2/c1-10(4-3-9-14)13-11-5-7-12(15-2)8-6-11/h5-8,10,13-14H,3-4,9H2,1-2H3. The molecule has 0 aliphatic rings. The van der Waals surface area contributed by atoms with Gasteiger partial charge in [-0.25, -0.2) is 0 Å². The predicted molar refractivity (Wildman–Crippen MR) is 62.4 cm³/mol. The molecular formula is C12H19NO2. The Kier molecular flexibility index (Phi) is 4.98. The quantitative estimate of drug-likeness (QED) is 0.755. The second-order valence-electron chi connectivity index (χ2n) is 3.64. The van der Waals surface area contributed by atoms with Crippen LogP contribution in [0.5, 0.6) is 5.75 Å². The van der Waals surface area contributed by atoms with Crippen molar-refractivity contribution in [3.05, 3.63) is 24.3 Å². The van der Waals surface area contributed by atoms with Crippen molar-refractivity contribution in [2.24, 2.45) is 0 Å². The minimum absolute atomic E-state index is 0.259. The molecule has 84 valence electrons. The van der Waals surface area contributed by atoms with E-state index >= 15 is 0 Å². The van der Waals surface area contributed by atoms with Crippen molar-refractivity contribution in [2.45, 2.75) is 25.8 Å². The van der Waals surface area contributed by atoms with Crippen LogP contribution in [0.25, 0.3) is 0 Å². The summed E-state index contributed by atoms with van der Waals surface area (Å²) >= 11 is 0.